The summed E-state index contributed by atoms with van der Waals surface area (Å²) in [6.07, 6.45) is 0.501. The van der Waals surface area contributed by atoms with Gasteiger partial charge in [0.05, 0.1) is 12.0 Å². The van der Waals surface area contributed by atoms with E-state index in [9.17, 15) is 9.59 Å². The van der Waals surface area contributed by atoms with Crippen LogP contribution in [0.4, 0.5) is 0 Å². The van der Waals surface area contributed by atoms with E-state index in [2.05, 4.69) is 0 Å². The molecule has 0 saturated carbocycles. The summed E-state index contributed by atoms with van der Waals surface area (Å²) in [6.45, 7) is 9.48. The maximum atomic E-state index is 11.6. The lowest BCUT2D eigenvalue weighted by molar-refractivity contribution is -0.155. The first-order valence-corrected chi connectivity index (χ1v) is 6.08. The Morgan fingerprint density at radius 3 is 1.93 bits per heavy atom. The highest BCUT2D eigenvalue weighted by atomic mass is 127. The van der Waals surface area contributed by atoms with Crippen LogP contribution in [0, 0.1) is 10.8 Å². The molecule has 0 aliphatic carbocycles. The molecule has 3 nitrogen and oxygen atoms in total. The van der Waals surface area contributed by atoms with E-state index in [-0.39, 0.29) is 9.76 Å². The summed E-state index contributed by atoms with van der Waals surface area (Å²) in [7, 11) is 0. The zero-order valence-corrected chi connectivity index (χ0v) is 12.2. The Kier molecular flexibility index (Phi) is 5.23. The first kappa shape index (κ1) is 14.9. The van der Waals surface area contributed by atoms with Gasteiger partial charge in [0.15, 0.2) is 3.79 Å². The van der Waals surface area contributed by atoms with E-state index in [1.807, 2.05) is 27.7 Å². The van der Waals surface area contributed by atoms with E-state index in [1.165, 1.54) is 0 Å². The van der Waals surface area contributed by atoms with Crippen molar-refractivity contribution in [2.24, 2.45) is 10.8 Å². The van der Waals surface area contributed by atoms with Crippen LogP contribution in [0.5, 0.6) is 0 Å². The molecule has 0 atom stereocenters. The molecule has 0 bridgehead atoms. The third-order valence-corrected chi connectivity index (χ3v) is 3.70. The highest BCUT2D eigenvalue weighted by Gasteiger charge is 2.38. The molecule has 0 amide bonds. The van der Waals surface area contributed by atoms with E-state index >= 15 is 0 Å². The summed E-state index contributed by atoms with van der Waals surface area (Å²) in [5, 5.41) is 0. The highest BCUT2D eigenvalue weighted by Crippen LogP contribution is 2.36. The van der Waals surface area contributed by atoms with Crippen LogP contribution < -0.4 is 0 Å². The topological polar surface area (TPSA) is 43.4 Å². The monoisotopic (exact) mass is 326 g/mol. The maximum Gasteiger partial charge on any atom is 0.311 e. The van der Waals surface area contributed by atoms with Crippen LogP contribution >= 0.6 is 22.6 Å². The average Bonchev–Trinajstić information content (AvgIpc) is 2.02. The summed E-state index contributed by atoms with van der Waals surface area (Å²) in [5.41, 5.74) is -1.10. The van der Waals surface area contributed by atoms with Crippen LogP contribution in [0.15, 0.2) is 0 Å². The van der Waals surface area contributed by atoms with Gasteiger partial charge in [-0.15, -0.1) is 0 Å². The zero-order chi connectivity index (χ0) is 12.3. The minimum absolute atomic E-state index is 0.0671. The van der Waals surface area contributed by atoms with Gasteiger partial charge in [-0.05, 0) is 27.2 Å². The number of ether oxygens (including phenoxy) is 1. The third-order valence-electron chi connectivity index (χ3n) is 2.24. The molecule has 0 aromatic rings. The number of hydrogen-bond donors (Lipinski definition) is 0. The van der Waals surface area contributed by atoms with Gasteiger partial charge in [0.25, 0.3) is 0 Å². The first-order chi connectivity index (χ1) is 6.63. The SMILES string of the molecule is CCOC(=O)C(C)(C)CC(C)(C)C(=O)I. The molecule has 15 heavy (non-hydrogen) atoms. The van der Waals surface area contributed by atoms with E-state index in [4.69, 9.17) is 4.74 Å². The van der Waals surface area contributed by atoms with Gasteiger partial charge in [-0.1, -0.05) is 13.8 Å². The Morgan fingerprint density at radius 2 is 1.60 bits per heavy atom. The van der Waals surface area contributed by atoms with Crippen molar-refractivity contribution < 1.29 is 14.3 Å². The van der Waals surface area contributed by atoms with Gasteiger partial charge in [0.2, 0.25) is 0 Å². The minimum Gasteiger partial charge on any atom is -0.466 e. The molecular weight excluding hydrogens is 307 g/mol. The van der Waals surface area contributed by atoms with Gasteiger partial charge in [-0.25, -0.2) is 0 Å². The molecule has 0 heterocycles. The Bertz CT molecular complexity index is 257. The van der Waals surface area contributed by atoms with Crippen LogP contribution in [0.2, 0.25) is 0 Å². The Balaban J connectivity index is 4.63. The second-order valence-electron chi connectivity index (χ2n) is 4.94. The van der Waals surface area contributed by atoms with Crippen molar-refractivity contribution in [2.75, 3.05) is 6.61 Å². The van der Waals surface area contributed by atoms with Gasteiger partial charge in [-0.3, -0.25) is 9.59 Å². The molecule has 88 valence electrons. The summed E-state index contributed by atoms with van der Waals surface area (Å²) >= 11 is 1.78. The lowest BCUT2D eigenvalue weighted by Crippen LogP contribution is -2.34. The zero-order valence-electron chi connectivity index (χ0n) is 10.0. The molecule has 0 N–H and O–H groups in total. The molecule has 0 saturated heterocycles. The van der Waals surface area contributed by atoms with Crippen LogP contribution in [0.3, 0.4) is 0 Å². The predicted octanol–water partition coefficient (Wildman–Crippen LogP) is 2.95. The third kappa shape index (κ3) is 4.49. The molecule has 0 fully saturated rings. The largest absolute Gasteiger partial charge is 0.466 e. The molecule has 0 aromatic carbocycles. The van der Waals surface area contributed by atoms with Gasteiger partial charge in [0.1, 0.15) is 0 Å². The van der Waals surface area contributed by atoms with Crippen molar-refractivity contribution in [1.82, 2.24) is 0 Å². The predicted molar refractivity (Wildman–Crippen MR) is 67.8 cm³/mol. The molecule has 0 spiro atoms. The number of esters is 1. The molecule has 0 radical (unpaired) electrons. The number of carbonyl (C=O) groups is 2. The Labute approximate surface area is 105 Å². The number of hydrogen-bond acceptors (Lipinski definition) is 3. The second-order valence-corrected chi connectivity index (χ2v) is 5.92. The van der Waals surface area contributed by atoms with E-state index in [0.717, 1.165) is 0 Å². The normalized spacial score (nSPS) is 12.4. The van der Waals surface area contributed by atoms with Crippen molar-refractivity contribution in [3.05, 3.63) is 0 Å². The quantitative estimate of drug-likeness (QED) is 0.443. The lowest BCUT2D eigenvalue weighted by Gasteiger charge is -2.30. The molecule has 0 aliphatic heterocycles. The van der Waals surface area contributed by atoms with Crippen molar-refractivity contribution in [3.63, 3.8) is 0 Å². The van der Waals surface area contributed by atoms with Gasteiger partial charge in [-0.2, -0.15) is 0 Å². The number of rotatable bonds is 5. The van der Waals surface area contributed by atoms with Crippen LogP contribution in [-0.4, -0.2) is 16.4 Å². The molecule has 4 heteroatoms. The molecule has 0 aliphatic rings. The smallest absolute Gasteiger partial charge is 0.311 e. The van der Waals surface area contributed by atoms with Crippen molar-refractivity contribution in [3.8, 4) is 0 Å². The lowest BCUT2D eigenvalue weighted by atomic mass is 9.76. The van der Waals surface area contributed by atoms with Crippen molar-refractivity contribution in [2.45, 2.75) is 41.0 Å². The molecule has 0 rings (SSSR count). The standard InChI is InChI=1S/C11H19IO3/c1-6-15-9(14)11(4,5)7-10(2,3)8(12)13/h6-7H2,1-5H3. The van der Waals surface area contributed by atoms with Crippen molar-refractivity contribution in [1.29, 1.82) is 0 Å². The summed E-state index contributed by atoms with van der Waals surface area (Å²) in [5.74, 6) is -0.240. The molecule has 0 unspecified atom stereocenters. The average molecular weight is 326 g/mol. The minimum atomic E-state index is -0.611. The Hall–Kier alpha value is -0.130. The number of halogens is 1. The summed E-state index contributed by atoms with van der Waals surface area (Å²) < 4.78 is 5.05. The van der Waals surface area contributed by atoms with Crippen LogP contribution in [-0.2, 0) is 14.3 Å². The second kappa shape index (κ2) is 5.27. The maximum absolute atomic E-state index is 11.6. The van der Waals surface area contributed by atoms with Crippen LogP contribution in [0.25, 0.3) is 0 Å². The molecule has 0 aromatic heterocycles. The van der Waals surface area contributed by atoms with Crippen LogP contribution in [0.1, 0.15) is 41.0 Å². The number of carbonyl (C=O) groups excluding carboxylic acids is 2. The fourth-order valence-electron chi connectivity index (χ4n) is 1.57. The fourth-order valence-corrected chi connectivity index (χ4v) is 1.76. The van der Waals surface area contributed by atoms with Gasteiger partial charge >= 0.3 is 5.97 Å². The summed E-state index contributed by atoms with van der Waals surface area (Å²) in [4.78, 5) is 23.0. The van der Waals surface area contributed by atoms with E-state index in [1.54, 1.807) is 29.5 Å². The van der Waals surface area contributed by atoms with Crippen molar-refractivity contribution >= 4 is 32.4 Å². The molecular formula is C11H19IO3. The highest BCUT2D eigenvalue weighted by molar-refractivity contribution is 14.1. The van der Waals surface area contributed by atoms with Gasteiger partial charge in [0, 0.05) is 28.0 Å². The summed E-state index contributed by atoms with van der Waals surface area (Å²) in [6, 6.07) is 0. The van der Waals surface area contributed by atoms with E-state index in [0.29, 0.717) is 13.0 Å². The fraction of sp³-hybridized carbons (Fsp3) is 0.818. The first-order valence-electron chi connectivity index (χ1n) is 5.00. The van der Waals surface area contributed by atoms with Gasteiger partial charge < -0.3 is 4.74 Å². The Morgan fingerprint density at radius 1 is 1.13 bits per heavy atom. The van der Waals surface area contributed by atoms with E-state index < -0.39 is 10.8 Å².